The van der Waals surface area contributed by atoms with Crippen molar-refractivity contribution in [3.05, 3.63) is 0 Å². The molecule has 0 aromatic carbocycles. The lowest BCUT2D eigenvalue weighted by Gasteiger charge is -2.46. The van der Waals surface area contributed by atoms with Gasteiger partial charge in [-0.25, -0.2) is 0 Å². The summed E-state index contributed by atoms with van der Waals surface area (Å²) in [5.74, 6) is 4.38. The molecule has 2 fully saturated rings. The Hall–Kier alpha value is 0.310. The van der Waals surface area contributed by atoms with Crippen LogP contribution >= 0.6 is 11.8 Å². The first-order valence-corrected chi connectivity index (χ1v) is 7.92. The summed E-state index contributed by atoms with van der Waals surface area (Å²) in [6.07, 6.45) is 8.09. The molecule has 2 heteroatoms. The van der Waals surface area contributed by atoms with Gasteiger partial charge < -0.3 is 4.90 Å². The third-order valence-corrected chi connectivity index (χ3v) is 5.14. The van der Waals surface area contributed by atoms with Gasteiger partial charge in [0.05, 0.1) is 0 Å². The van der Waals surface area contributed by atoms with Gasteiger partial charge in [-0.2, -0.15) is 11.8 Å². The molecule has 0 spiro atoms. The monoisotopic (exact) mass is 227 g/mol. The fourth-order valence-corrected chi connectivity index (χ4v) is 3.84. The summed E-state index contributed by atoms with van der Waals surface area (Å²) in [5.41, 5.74) is 0. The Bertz CT molecular complexity index is 181. The van der Waals surface area contributed by atoms with Crippen LogP contribution in [0.1, 0.15) is 32.6 Å². The highest BCUT2D eigenvalue weighted by atomic mass is 32.2. The number of hydrogen-bond acceptors (Lipinski definition) is 2. The van der Waals surface area contributed by atoms with Crippen LogP contribution < -0.4 is 0 Å². The molecular weight excluding hydrogens is 202 g/mol. The summed E-state index contributed by atoms with van der Waals surface area (Å²) >= 11 is 1.99. The van der Waals surface area contributed by atoms with E-state index in [9.17, 15) is 0 Å². The number of hydrogen-bond donors (Lipinski definition) is 0. The van der Waals surface area contributed by atoms with Gasteiger partial charge in [0.2, 0.25) is 0 Å². The topological polar surface area (TPSA) is 3.24 Å². The fraction of sp³-hybridized carbons (Fsp3) is 1.00. The first-order valence-electron chi connectivity index (χ1n) is 6.52. The molecule has 1 saturated heterocycles. The van der Waals surface area contributed by atoms with E-state index < -0.39 is 0 Å². The fourth-order valence-electron chi connectivity index (χ4n) is 3.42. The molecule has 0 N–H and O–H groups in total. The summed E-state index contributed by atoms with van der Waals surface area (Å²) in [7, 11) is 0. The molecule has 1 saturated carbocycles. The number of thioether (sulfide) groups is 1. The highest BCUT2D eigenvalue weighted by Gasteiger charge is 2.36. The van der Waals surface area contributed by atoms with Gasteiger partial charge in [-0.05, 0) is 55.6 Å². The largest absolute Gasteiger partial charge is 0.303 e. The van der Waals surface area contributed by atoms with E-state index in [0.717, 1.165) is 17.8 Å². The van der Waals surface area contributed by atoms with Gasteiger partial charge >= 0.3 is 0 Å². The van der Waals surface area contributed by atoms with Gasteiger partial charge in [-0.15, -0.1) is 0 Å². The molecule has 2 unspecified atom stereocenters. The van der Waals surface area contributed by atoms with Crippen molar-refractivity contribution < 1.29 is 0 Å². The zero-order chi connectivity index (χ0) is 10.7. The van der Waals surface area contributed by atoms with Crippen molar-refractivity contribution in [3.63, 3.8) is 0 Å². The molecule has 2 atom stereocenters. The van der Waals surface area contributed by atoms with Gasteiger partial charge in [-0.1, -0.05) is 13.3 Å². The molecule has 2 bridgehead atoms. The molecule has 1 heterocycles. The highest BCUT2D eigenvalue weighted by Crippen LogP contribution is 2.39. The Kier molecular flexibility index (Phi) is 4.39. The van der Waals surface area contributed by atoms with Gasteiger partial charge in [0.15, 0.2) is 0 Å². The van der Waals surface area contributed by atoms with Gasteiger partial charge in [0.25, 0.3) is 0 Å². The summed E-state index contributed by atoms with van der Waals surface area (Å²) < 4.78 is 0. The van der Waals surface area contributed by atoms with Gasteiger partial charge in [0, 0.05) is 13.1 Å². The summed E-state index contributed by atoms with van der Waals surface area (Å²) in [6, 6.07) is 0. The number of nitrogens with zero attached hydrogens (tertiary/aromatic N) is 1. The molecule has 2 rings (SSSR count). The van der Waals surface area contributed by atoms with Crippen LogP contribution in [0.15, 0.2) is 0 Å². The molecule has 15 heavy (non-hydrogen) atoms. The molecule has 0 amide bonds. The zero-order valence-electron chi connectivity index (χ0n) is 10.2. The molecule has 88 valence electrons. The average Bonchev–Trinajstić information content (AvgIpc) is 2.19. The van der Waals surface area contributed by atoms with E-state index in [0.29, 0.717) is 0 Å². The van der Waals surface area contributed by atoms with E-state index in [2.05, 4.69) is 18.1 Å². The van der Waals surface area contributed by atoms with Crippen LogP contribution in [0.3, 0.4) is 0 Å². The van der Waals surface area contributed by atoms with Crippen molar-refractivity contribution in [2.24, 2.45) is 17.8 Å². The van der Waals surface area contributed by atoms with Gasteiger partial charge in [0.1, 0.15) is 0 Å². The molecule has 1 aliphatic heterocycles. The molecular formula is C13H25NS. The number of piperidine rings is 1. The van der Waals surface area contributed by atoms with Crippen molar-refractivity contribution in [3.8, 4) is 0 Å². The first kappa shape index (κ1) is 11.8. The lowest BCUT2D eigenvalue weighted by molar-refractivity contribution is 0.0328. The van der Waals surface area contributed by atoms with E-state index >= 15 is 0 Å². The molecule has 0 radical (unpaired) electrons. The summed E-state index contributed by atoms with van der Waals surface area (Å²) in [4.78, 5) is 2.74. The molecule has 1 aliphatic carbocycles. The van der Waals surface area contributed by atoms with Crippen molar-refractivity contribution >= 4 is 11.8 Å². The average molecular weight is 227 g/mol. The van der Waals surface area contributed by atoms with Crippen molar-refractivity contribution in [2.75, 3.05) is 31.6 Å². The second-order valence-electron chi connectivity index (χ2n) is 5.42. The normalized spacial score (nSPS) is 36.8. The van der Waals surface area contributed by atoms with Crippen LogP contribution in [0.4, 0.5) is 0 Å². The Balaban J connectivity index is 1.79. The van der Waals surface area contributed by atoms with Crippen LogP contribution in [-0.2, 0) is 0 Å². The SMILES string of the molecule is CSCCCN1CC2CCCC(C1)C2C. The smallest absolute Gasteiger partial charge is 0.00124 e. The van der Waals surface area contributed by atoms with Crippen LogP contribution in [-0.4, -0.2) is 36.5 Å². The van der Waals surface area contributed by atoms with Crippen molar-refractivity contribution in [2.45, 2.75) is 32.6 Å². The van der Waals surface area contributed by atoms with Crippen molar-refractivity contribution in [1.82, 2.24) is 4.90 Å². The lowest BCUT2D eigenvalue weighted by Crippen LogP contribution is -2.47. The maximum atomic E-state index is 2.74. The Labute approximate surface area is 99.0 Å². The van der Waals surface area contributed by atoms with Crippen LogP contribution in [0.2, 0.25) is 0 Å². The third kappa shape index (κ3) is 2.91. The Morgan fingerprint density at radius 2 is 1.87 bits per heavy atom. The maximum Gasteiger partial charge on any atom is 0.00124 e. The van der Waals surface area contributed by atoms with E-state index in [4.69, 9.17) is 0 Å². The van der Waals surface area contributed by atoms with Crippen LogP contribution in [0.5, 0.6) is 0 Å². The zero-order valence-corrected chi connectivity index (χ0v) is 11.1. The van der Waals surface area contributed by atoms with E-state index in [1.165, 1.54) is 51.1 Å². The van der Waals surface area contributed by atoms with Crippen molar-refractivity contribution in [1.29, 1.82) is 0 Å². The maximum absolute atomic E-state index is 2.74. The first-order chi connectivity index (χ1) is 7.31. The number of rotatable bonds is 4. The van der Waals surface area contributed by atoms with Crippen LogP contribution in [0.25, 0.3) is 0 Å². The minimum absolute atomic E-state index is 1.01. The van der Waals surface area contributed by atoms with E-state index in [1.807, 2.05) is 11.8 Å². The van der Waals surface area contributed by atoms with Gasteiger partial charge in [-0.3, -0.25) is 0 Å². The number of fused-ring (bicyclic) bond motifs is 2. The highest BCUT2D eigenvalue weighted by molar-refractivity contribution is 7.98. The lowest BCUT2D eigenvalue weighted by atomic mass is 9.70. The molecule has 2 aliphatic rings. The predicted octanol–water partition coefficient (Wildman–Crippen LogP) is 3.11. The third-order valence-electron chi connectivity index (χ3n) is 4.45. The predicted molar refractivity (Wildman–Crippen MR) is 69.4 cm³/mol. The van der Waals surface area contributed by atoms with E-state index in [1.54, 1.807) is 0 Å². The summed E-state index contributed by atoms with van der Waals surface area (Å²) in [5, 5.41) is 0. The minimum Gasteiger partial charge on any atom is -0.303 e. The van der Waals surface area contributed by atoms with E-state index in [-0.39, 0.29) is 0 Å². The Morgan fingerprint density at radius 3 is 2.47 bits per heavy atom. The summed E-state index contributed by atoms with van der Waals surface area (Å²) in [6.45, 7) is 6.63. The second kappa shape index (κ2) is 5.58. The molecule has 1 nitrogen and oxygen atoms in total. The molecule has 0 aromatic heterocycles. The standard InChI is InChI=1S/C13H25NS/c1-11-12-5-3-6-13(11)10-14(9-12)7-4-8-15-2/h11-13H,3-10H2,1-2H3. The molecule has 0 aromatic rings. The number of likely N-dealkylation sites (tertiary alicyclic amines) is 1. The quantitative estimate of drug-likeness (QED) is 0.679. The second-order valence-corrected chi connectivity index (χ2v) is 6.40. The Morgan fingerprint density at radius 1 is 1.20 bits per heavy atom. The van der Waals surface area contributed by atoms with Crippen LogP contribution in [0, 0.1) is 17.8 Å². The minimum atomic E-state index is 1.01.